The second kappa shape index (κ2) is 12.0. The van der Waals surface area contributed by atoms with Crippen LogP contribution in [0.15, 0.2) is 65.8 Å². The van der Waals surface area contributed by atoms with Gasteiger partial charge in [-0.2, -0.15) is 0 Å². The van der Waals surface area contributed by atoms with E-state index in [0.717, 1.165) is 23.0 Å². The highest BCUT2D eigenvalue weighted by Gasteiger charge is 2.34. The van der Waals surface area contributed by atoms with Crippen LogP contribution in [0.5, 0.6) is 0 Å². The summed E-state index contributed by atoms with van der Waals surface area (Å²) in [5.74, 6) is -0.0513. The summed E-state index contributed by atoms with van der Waals surface area (Å²) in [5, 5.41) is 9.31. The standard InChI is InChI=1S/C29H34ClN3O3/c1-17(2)19(4)24(14-8-18(3)30)20(5)28-32-21(6)26(27(31)33-28)29(7,16-34)23-12-9-22(10-13-23)11-15-25(35)36/h8-10,12-14,16-17H,3,5,11,15H2,1-2,4,6-7H3,(H,35,36)(H2,31,32,33)/b14-8-,24-19-/t29-/m0/s1. The van der Waals surface area contributed by atoms with Gasteiger partial charge >= 0.3 is 5.97 Å². The third-order valence-corrected chi connectivity index (χ3v) is 6.50. The first-order valence-corrected chi connectivity index (χ1v) is 12.0. The molecule has 1 aromatic carbocycles. The fraction of sp³-hybridized carbons (Fsp3) is 0.310. The van der Waals surface area contributed by atoms with Crippen LogP contribution in [-0.4, -0.2) is 27.3 Å². The van der Waals surface area contributed by atoms with Crippen molar-refractivity contribution in [3.05, 3.63) is 94.0 Å². The van der Waals surface area contributed by atoms with Crippen molar-refractivity contribution >= 4 is 35.2 Å². The van der Waals surface area contributed by atoms with Crippen LogP contribution in [0.25, 0.3) is 5.57 Å². The fourth-order valence-electron chi connectivity index (χ4n) is 3.99. The Morgan fingerprint density at radius 3 is 2.28 bits per heavy atom. The molecular formula is C29H34ClN3O3. The number of carboxylic acids is 1. The highest BCUT2D eigenvalue weighted by atomic mass is 35.5. The Labute approximate surface area is 218 Å². The molecular weight excluding hydrogens is 474 g/mol. The Bertz CT molecular complexity index is 1220. The summed E-state index contributed by atoms with van der Waals surface area (Å²) in [4.78, 5) is 32.5. The van der Waals surface area contributed by atoms with Gasteiger partial charge < -0.3 is 15.6 Å². The average molecular weight is 508 g/mol. The first-order valence-electron chi connectivity index (χ1n) is 11.7. The molecule has 0 aliphatic rings. The van der Waals surface area contributed by atoms with E-state index in [1.54, 1.807) is 19.9 Å². The number of rotatable bonds is 11. The number of aldehydes is 1. The number of nitrogens with zero attached hydrogens (tertiary/aromatic N) is 2. The number of aryl methyl sites for hydroxylation is 2. The smallest absolute Gasteiger partial charge is 0.303 e. The van der Waals surface area contributed by atoms with E-state index in [1.165, 1.54) is 0 Å². The number of hydrogen-bond donors (Lipinski definition) is 2. The molecule has 0 amide bonds. The van der Waals surface area contributed by atoms with Gasteiger partial charge in [-0.15, -0.1) is 0 Å². The Kier molecular flexibility index (Phi) is 9.54. The van der Waals surface area contributed by atoms with Gasteiger partial charge in [0.25, 0.3) is 0 Å². The molecule has 0 aliphatic carbocycles. The number of carbonyl (C=O) groups excluding carboxylic acids is 1. The van der Waals surface area contributed by atoms with Crippen molar-refractivity contribution < 1.29 is 14.7 Å². The molecule has 0 saturated heterocycles. The number of aromatic nitrogens is 2. The molecule has 36 heavy (non-hydrogen) atoms. The van der Waals surface area contributed by atoms with Gasteiger partial charge in [0.15, 0.2) is 5.82 Å². The van der Waals surface area contributed by atoms with Gasteiger partial charge in [-0.05, 0) is 55.9 Å². The van der Waals surface area contributed by atoms with E-state index in [0.29, 0.717) is 39.7 Å². The number of halogens is 1. The van der Waals surface area contributed by atoms with Crippen molar-refractivity contribution in [2.24, 2.45) is 5.92 Å². The zero-order valence-electron chi connectivity index (χ0n) is 21.6. The van der Waals surface area contributed by atoms with Gasteiger partial charge in [0.1, 0.15) is 12.1 Å². The van der Waals surface area contributed by atoms with Crippen molar-refractivity contribution in [3.8, 4) is 0 Å². The molecule has 2 rings (SSSR count). The molecule has 190 valence electrons. The largest absolute Gasteiger partial charge is 0.481 e. The summed E-state index contributed by atoms with van der Waals surface area (Å²) in [6.07, 6.45) is 4.82. The minimum absolute atomic E-state index is 0.0381. The molecule has 0 spiro atoms. The lowest BCUT2D eigenvalue weighted by Crippen LogP contribution is -2.29. The Morgan fingerprint density at radius 2 is 1.81 bits per heavy atom. The van der Waals surface area contributed by atoms with Gasteiger partial charge in [-0.3, -0.25) is 4.79 Å². The van der Waals surface area contributed by atoms with Crippen molar-refractivity contribution in [2.45, 2.75) is 52.9 Å². The summed E-state index contributed by atoms with van der Waals surface area (Å²) < 4.78 is 0. The molecule has 0 unspecified atom stereocenters. The van der Waals surface area contributed by atoms with Crippen LogP contribution in [0, 0.1) is 12.8 Å². The van der Waals surface area contributed by atoms with Crippen LogP contribution >= 0.6 is 11.6 Å². The van der Waals surface area contributed by atoms with E-state index < -0.39 is 11.4 Å². The maximum atomic E-state index is 12.4. The van der Waals surface area contributed by atoms with Crippen LogP contribution in [0.2, 0.25) is 0 Å². The first kappa shape index (κ1) is 28.7. The molecule has 0 saturated carbocycles. The van der Waals surface area contributed by atoms with Crippen LogP contribution in [0.3, 0.4) is 0 Å². The normalized spacial score (nSPS) is 13.9. The van der Waals surface area contributed by atoms with Crippen molar-refractivity contribution in [1.82, 2.24) is 9.97 Å². The molecule has 0 radical (unpaired) electrons. The molecule has 6 nitrogen and oxygen atoms in total. The summed E-state index contributed by atoms with van der Waals surface area (Å²) in [7, 11) is 0. The maximum absolute atomic E-state index is 12.4. The van der Waals surface area contributed by atoms with E-state index in [1.807, 2.05) is 37.3 Å². The lowest BCUT2D eigenvalue weighted by molar-refractivity contribution is -0.137. The number of carboxylic acid groups (broad SMARTS) is 1. The van der Waals surface area contributed by atoms with E-state index in [-0.39, 0.29) is 18.2 Å². The van der Waals surface area contributed by atoms with Crippen molar-refractivity contribution in [1.29, 1.82) is 0 Å². The van der Waals surface area contributed by atoms with E-state index in [9.17, 15) is 9.59 Å². The summed E-state index contributed by atoms with van der Waals surface area (Å²) >= 11 is 5.95. The molecule has 0 bridgehead atoms. The summed E-state index contributed by atoms with van der Waals surface area (Å²) in [5.41, 5.74) is 10.5. The third-order valence-electron chi connectivity index (χ3n) is 6.37. The highest BCUT2D eigenvalue weighted by Crippen LogP contribution is 2.36. The molecule has 1 atom stereocenters. The van der Waals surface area contributed by atoms with Crippen LogP contribution in [0.1, 0.15) is 62.3 Å². The van der Waals surface area contributed by atoms with Crippen LogP contribution in [-0.2, 0) is 21.4 Å². The quantitative estimate of drug-likeness (QED) is 0.277. The van der Waals surface area contributed by atoms with Crippen LogP contribution in [0.4, 0.5) is 5.82 Å². The lowest BCUT2D eigenvalue weighted by atomic mass is 9.76. The summed E-state index contributed by atoms with van der Waals surface area (Å²) in [6.45, 7) is 17.7. The van der Waals surface area contributed by atoms with Gasteiger partial charge in [-0.25, -0.2) is 9.97 Å². The number of carbonyl (C=O) groups is 2. The molecule has 2 aromatic rings. The maximum Gasteiger partial charge on any atom is 0.303 e. The topological polar surface area (TPSA) is 106 Å². The van der Waals surface area contributed by atoms with Crippen molar-refractivity contribution in [3.63, 3.8) is 0 Å². The molecule has 0 fully saturated rings. The average Bonchev–Trinajstić information content (AvgIpc) is 2.81. The Hall–Kier alpha value is -3.51. The molecule has 3 N–H and O–H groups in total. The van der Waals surface area contributed by atoms with E-state index in [4.69, 9.17) is 27.4 Å². The lowest BCUT2D eigenvalue weighted by Gasteiger charge is -2.27. The summed E-state index contributed by atoms with van der Waals surface area (Å²) in [6, 6.07) is 7.28. The van der Waals surface area contributed by atoms with E-state index in [2.05, 4.69) is 32.0 Å². The minimum atomic E-state index is -1.10. The number of nitrogens with two attached hydrogens (primary N) is 1. The van der Waals surface area contributed by atoms with Gasteiger partial charge in [0.2, 0.25) is 0 Å². The fourth-order valence-corrected chi connectivity index (χ4v) is 4.05. The van der Waals surface area contributed by atoms with Crippen molar-refractivity contribution in [2.75, 3.05) is 5.73 Å². The molecule has 1 heterocycles. The monoisotopic (exact) mass is 507 g/mol. The van der Waals surface area contributed by atoms with Gasteiger partial charge in [-0.1, -0.05) is 74.5 Å². The third kappa shape index (κ3) is 6.58. The Morgan fingerprint density at radius 1 is 1.19 bits per heavy atom. The van der Waals surface area contributed by atoms with Gasteiger partial charge in [0, 0.05) is 28.3 Å². The second-order valence-corrected chi connectivity index (χ2v) is 9.80. The Balaban J connectivity index is 2.55. The molecule has 7 heteroatoms. The van der Waals surface area contributed by atoms with E-state index >= 15 is 0 Å². The number of hydrogen-bond acceptors (Lipinski definition) is 5. The first-order chi connectivity index (χ1) is 16.8. The zero-order valence-corrected chi connectivity index (χ0v) is 22.3. The number of anilines is 1. The number of nitrogen functional groups attached to an aromatic ring is 1. The number of aliphatic carboxylic acids is 1. The predicted molar refractivity (Wildman–Crippen MR) is 147 cm³/mol. The number of benzene rings is 1. The molecule has 0 aliphatic heterocycles. The number of allylic oxidation sites excluding steroid dienone is 6. The SMILES string of the molecule is C=C(Cl)/C=C\C(C(=C)c1nc(C)c([C@@](C)(C=O)c2ccc(CCC(=O)O)cc2)c(N)n1)=C(/C)C(C)C. The van der Waals surface area contributed by atoms with Crippen LogP contribution < -0.4 is 5.73 Å². The van der Waals surface area contributed by atoms with Gasteiger partial charge in [0.05, 0.1) is 5.41 Å². The second-order valence-electron chi connectivity index (χ2n) is 9.31. The minimum Gasteiger partial charge on any atom is -0.481 e. The predicted octanol–water partition coefficient (Wildman–Crippen LogP) is 6.18. The zero-order chi connectivity index (χ0) is 27.2. The highest BCUT2D eigenvalue weighted by molar-refractivity contribution is 6.30. The molecule has 1 aromatic heterocycles.